The molecule has 0 radical (unpaired) electrons. The Hall–Kier alpha value is -2.78. The number of nitrogens with zero attached hydrogens (tertiary/aromatic N) is 4. The van der Waals surface area contributed by atoms with Crippen molar-refractivity contribution in [1.82, 2.24) is 14.2 Å². The summed E-state index contributed by atoms with van der Waals surface area (Å²) in [6.45, 7) is 16.5. The van der Waals surface area contributed by atoms with Gasteiger partial charge < -0.3 is 29.1 Å². The van der Waals surface area contributed by atoms with Crippen molar-refractivity contribution in [3.05, 3.63) is 69.6 Å². The molecule has 2 aromatic rings. The van der Waals surface area contributed by atoms with Crippen LogP contribution in [0.15, 0.2) is 41.3 Å². The van der Waals surface area contributed by atoms with Crippen molar-refractivity contribution in [2.45, 2.75) is 78.2 Å². The average Bonchev–Trinajstić information content (AvgIpc) is 3.25. The molecule has 0 saturated carbocycles. The molecule has 1 amide bonds. The lowest BCUT2D eigenvalue weighted by atomic mass is 10.2. The van der Waals surface area contributed by atoms with Crippen LogP contribution < -0.4 is 11.0 Å². The van der Waals surface area contributed by atoms with Gasteiger partial charge in [-0.15, -0.1) is 0 Å². The third-order valence-electron chi connectivity index (χ3n) is 5.81. The van der Waals surface area contributed by atoms with Gasteiger partial charge in [0.25, 0.3) is 14.4 Å². The molecule has 2 heterocycles. The smallest absolute Gasteiger partial charge is 0.351 e. The van der Waals surface area contributed by atoms with E-state index in [2.05, 4.69) is 20.3 Å². The minimum absolute atomic E-state index is 0.00259. The van der Waals surface area contributed by atoms with E-state index in [1.807, 2.05) is 32.4 Å². The topological polar surface area (TPSA) is 120 Å². The van der Waals surface area contributed by atoms with Crippen LogP contribution in [0.1, 0.15) is 58.1 Å². The highest BCUT2D eigenvalue weighted by atomic mass is 31.2. The standard InChI is InChI=1S/C26H35FN5O5P.CH4O/c1-16(2)32(17(3)4)38(35-14-13-28-7)37-22-19(6)36-25(21(22)27)31-15-18(5)23(30-26(31)34)29-24(33)20-11-9-8-10-12-20;1-2/h8-12,15-17,19,21-22,25H,13-14H2,1-6H3,(H,29,30,33,34);2H,1H3/t19-,21?,22?,25-,38?;/m1./s1/i6D;2T. The third-order valence-corrected chi connectivity index (χ3v) is 7.94. The van der Waals surface area contributed by atoms with E-state index in [0.29, 0.717) is 11.1 Å². The number of aryl methyl sites for hydroxylation is 1. The van der Waals surface area contributed by atoms with Gasteiger partial charge in [0, 0.05) is 37.9 Å². The number of ether oxygens (including phenoxy) is 1. The molecular formula is C27H39FN5O6P. The zero-order chi connectivity index (χ0) is 31.4. The van der Waals surface area contributed by atoms with E-state index in [1.165, 1.54) is 13.3 Å². The number of benzene rings is 1. The van der Waals surface area contributed by atoms with Crippen molar-refractivity contribution < 1.29 is 29.4 Å². The van der Waals surface area contributed by atoms with Crippen LogP contribution in [0, 0.1) is 13.5 Å². The minimum Gasteiger partial charge on any atom is -0.400 e. The number of halogens is 1. The number of nitrogens with one attached hydrogen (secondary N) is 1. The van der Waals surface area contributed by atoms with Gasteiger partial charge in [-0.25, -0.2) is 20.4 Å². The molecule has 11 nitrogen and oxygen atoms in total. The maximum absolute atomic E-state index is 15.9. The highest BCUT2D eigenvalue weighted by molar-refractivity contribution is 7.44. The fourth-order valence-electron chi connectivity index (χ4n) is 4.08. The van der Waals surface area contributed by atoms with E-state index < -0.39 is 44.7 Å². The summed E-state index contributed by atoms with van der Waals surface area (Å²) in [5, 5.41) is 6.12. The van der Waals surface area contributed by atoms with Crippen molar-refractivity contribution in [3.63, 3.8) is 0 Å². The lowest BCUT2D eigenvalue weighted by Crippen LogP contribution is -2.38. The second-order valence-electron chi connectivity index (χ2n) is 9.38. The van der Waals surface area contributed by atoms with E-state index in [-0.39, 0.29) is 38.0 Å². The molecule has 1 aliphatic heterocycles. The Morgan fingerprint density at radius 3 is 2.62 bits per heavy atom. The second kappa shape index (κ2) is 15.9. The molecular weight excluding hydrogens is 540 g/mol. The Morgan fingerprint density at radius 2 is 2.05 bits per heavy atom. The number of hydrogen-bond acceptors (Lipinski definition) is 8. The molecule has 1 aromatic carbocycles. The second-order valence-corrected chi connectivity index (χ2v) is 10.8. The lowest BCUT2D eigenvalue weighted by Gasteiger charge is -2.37. The number of hydrogen-bond donors (Lipinski definition) is 2. The molecule has 1 saturated heterocycles. The van der Waals surface area contributed by atoms with Crippen LogP contribution in [0.25, 0.3) is 4.85 Å². The number of aliphatic hydroxyl groups is 1. The first-order valence-electron chi connectivity index (χ1n) is 13.9. The SMILES string of the molecule is [2H]C[C@H]1O[C@@H](n2cc(C)c(NC(=O)c3ccccc3)nc2=O)C(F)C1OP(OCC[N+]#[C-])N(C(C)C)C(C)C.[3H]OC. The van der Waals surface area contributed by atoms with Crippen LogP contribution >= 0.6 is 8.53 Å². The van der Waals surface area contributed by atoms with Crippen LogP contribution in [-0.2, 0) is 13.8 Å². The van der Waals surface area contributed by atoms with Crippen molar-refractivity contribution in [2.24, 2.45) is 0 Å². The Bertz CT molecular complexity index is 1230. The van der Waals surface area contributed by atoms with E-state index >= 15 is 4.39 Å². The molecule has 0 aliphatic carbocycles. The van der Waals surface area contributed by atoms with Gasteiger partial charge in [0.05, 0.1) is 6.10 Å². The van der Waals surface area contributed by atoms with Crippen LogP contribution in [0.3, 0.4) is 0 Å². The maximum atomic E-state index is 15.9. The van der Waals surface area contributed by atoms with Gasteiger partial charge >= 0.3 is 5.69 Å². The van der Waals surface area contributed by atoms with Gasteiger partial charge in [-0.05, 0) is 53.7 Å². The Labute approximate surface area is 239 Å². The zero-order valence-corrected chi connectivity index (χ0v) is 24.5. The van der Waals surface area contributed by atoms with Crippen LogP contribution in [-0.4, -0.2) is 77.4 Å². The number of rotatable bonds is 11. The number of aromatic nitrogens is 2. The van der Waals surface area contributed by atoms with E-state index in [0.717, 1.165) is 4.57 Å². The molecule has 5 atom stereocenters. The summed E-state index contributed by atoms with van der Waals surface area (Å²) in [6.07, 6.45) is -3.96. The Kier molecular flexibility index (Phi) is 12.0. The largest absolute Gasteiger partial charge is 0.400 e. The maximum Gasteiger partial charge on any atom is 0.351 e. The highest BCUT2D eigenvalue weighted by Gasteiger charge is 2.48. The van der Waals surface area contributed by atoms with Crippen molar-refractivity contribution >= 4 is 20.3 Å². The average molecular weight is 583 g/mol. The van der Waals surface area contributed by atoms with E-state index in [9.17, 15) is 9.59 Å². The zero-order valence-electron chi connectivity index (χ0n) is 25.6. The molecule has 40 heavy (non-hydrogen) atoms. The highest BCUT2D eigenvalue weighted by Crippen LogP contribution is 2.50. The molecule has 3 rings (SSSR count). The molecule has 1 aliphatic rings. The summed E-state index contributed by atoms with van der Waals surface area (Å²) in [5.74, 6) is -0.373. The third kappa shape index (κ3) is 8.36. The number of alkyl halides is 1. The van der Waals surface area contributed by atoms with Crippen molar-refractivity contribution in [1.29, 1.82) is 1.43 Å². The molecule has 2 N–H and O–H groups in total. The van der Waals surface area contributed by atoms with E-state index in [4.69, 9.17) is 23.2 Å². The number of anilines is 1. The number of aliphatic hydroxyl groups excluding tert-OH is 1. The first-order chi connectivity index (χ1) is 20.0. The monoisotopic (exact) mass is 582 g/mol. The van der Waals surface area contributed by atoms with Gasteiger partial charge in [0.1, 0.15) is 18.5 Å². The summed E-state index contributed by atoms with van der Waals surface area (Å²) >= 11 is 0. The minimum atomic E-state index is -1.81. The van der Waals surface area contributed by atoms with Gasteiger partial charge in [-0.2, -0.15) is 4.98 Å². The summed E-state index contributed by atoms with van der Waals surface area (Å²) in [5.41, 5.74) is 0.00982. The molecule has 0 bridgehead atoms. The summed E-state index contributed by atoms with van der Waals surface area (Å²) in [7, 11) is -0.496. The normalized spacial score (nSPS) is 21.8. The predicted octanol–water partition coefficient (Wildman–Crippen LogP) is 4.33. The van der Waals surface area contributed by atoms with E-state index in [1.54, 1.807) is 37.3 Å². The summed E-state index contributed by atoms with van der Waals surface area (Å²) in [6, 6.07) is 8.49. The molecule has 3 unspecified atom stereocenters. The first-order valence-corrected chi connectivity index (χ1v) is 13.9. The van der Waals surface area contributed by atoms with Crippen LogP contribution in [0.5, 0.6) is 0 Å². The van der Waals surface area contributed by atoms with Gasteiger partial charge in [0.15, 0.2) is 12.4 Å². The molecule has 1 aromatic heterocycles. The first kappa shape index (κ1) is 30.2. The molecule has 13 heteroatoms. The van der Waals surface area contributed by atoms with Gasteiger partial charge in [0.2, 0.25) is 7.98 Å². The van der Waals surface area contributed by atoms with Crippen LogP contribution in [0.2, 0.25) is 0 Å². The summed E-state index contributed by atoms with van der Waals surface area (Å²) in [4.78, 5) is 32.7. The molecule has 1 fully saturated rings. The molecule has 0 spiro atoms. The summed E-state index contributed by atoms with van der Waals surface area (Å²) < 4.78 is 50.4. The fraction of sp³-hybridized carbons (Fsp3) is 0.556. The van der Waals surface area contributed by atoms with Gasteiger partial charge in [-0.1, -0.05) is 18.2 Å². The fourth-order valence-corrected chi connectivity index (χ4v) is 5.84. The quantitative estimate of drug-likeness (QED) is 0.228. The Balaban J connectivity index is 0.00000197. The number of amides is 1. The Morgan fingerprint density at radius 1 is 1.40 bits per heavy atom. The van der Waals surface area contributed by atoms with Crippen LogP contribution in [0.4, 0.5) is 10.2 Å². The molecule has 220 valence electrons. The predicted molar refractivity (Wildman–Crippen MR) is 152 cm³/mol. The van der Waals surface area contributed by atoms with Gasteiger partial charge in [-0.3, -0.25) is 9.36 Å². The van der Waals surface area contributed by atoms with Crippen molar-refractivity contribution in [3.8, 4) is 0 Å². The van der Waals surface area contributed by atoms with Crippen molar-refractivity contribution in [2.75, 3.05) is 25.6 Å². The lowest BCUT2D eigenvalue weighted by molar-refractivity contribution is -0.0180. The number of carbonyl (C=O) groups is 1. The number of carbonyl (C=O) groups excluding carboxylic acids is 1.